The van der Waals surface area contributed by atoms with Gasteiger partial charge in [-0.2, -0.15) is 39.5 Å². The second kappa shape index (κ2) is 15.1. The van der Waals surface area contributed by atoms with E-state index in [-0.39, 0.29) is 0 Å². The van der Waals surface area contributed by atoms with Gasteiger partial charge in [0.15, 0.2) is 0 Å². The third-order valence-electron chi connectivity index (χ3n) is 5.34. The lowest BCUT2D eigenvalue weighted by molar-refractivity contribution is -0.193. The van der Waals surface area contributed by atoms with E-state index in [0.717, 1.165) is 25.6 Å². The summed E-state index contributed by atoms with van der Waals surface area (Å²) < 4.78 is 95.2. The molecule has 2 saturated heterocycles. The average Bonchev–Trinajstić information content (AvgIpc) is 3.48. The molecule has 234 valence electrons. The number of halogens is 9. The molecule has 2 fully saturated rings. The first-order valence-corrected chi connectivity index (χ1v) is 11.3. The van der Waals surface area contributed by atoms with Crippen molar-refractivity contribution in [3.8, 4) is 0 Å². The summed E-state index contributed by atoms with van der Waals surface area (Å²) in [6.07, 6.45) is -5.39. The van der Waals surface area contributed by atoms with Gasteiger partial charge < -0.3 is 20.2 Å². The maximum absolute atomic E-state index is 10.6. The predicted molar refractivity (Wildman–Crippen MR) is 122 cm³/mol. The number of carboxylic acids is 3. The molecule has 0 amide bonds. The monoisotopic (exact) mass is 623 g/mol. The standard InChI is InChI=1S/C16H19N5.3C2HF3O2/c1-3-13(11-17-6-1)12-20-9-4-15-14(20)5-10-21(15)16-18-7-2-8-19-16;3*3-2(4,5)1(6)7/h1-3,6-8,11,14-15H,4-5,9-10,12H2;3*(H,6,7)/t14-,15+;;;/m1.../s1. The third kappa shape index (κ3) is 12.1. The van der Waals surface area contributed by atoms with Crippen LogP contribution in [0, 0.1) is 0 Å². The van der Waals surface area contributed by atoms with Gasteiger partial charge in [-0.15, -0.1) is 0 Å². The zero-order chi connectivity index (χ0) is 32.3. The van der Waals surface area contributed by atoms with Crippen LogP contribution in [0.1, 0.15) is 18.4 Å². The van der Waals surface area contributed by atoms with Crippen molar-refractivity contribution >= 4 is 23.9 Å². The SMILES string of the molecule is O=C(O)C(F)(F)F.O=C(O)C(F)(F)F.O=C(O)C(F)(F)F.c1cnc(N2CC[C@@H]3[C@@H]2CCN3Cc2cccnc2)nc1. The highest BCUT2D eigenvalue weighted by atomic mass is 19.4. The molecule has 0 aliphatic carbocycles. The Hall–Kier alpha value is -4.23. The predicted octanol–water partition coefficient (Wildman–Crippen LogP) is 3.62. The van der Waals surface area contributed by atoms with Gasteiger partial charge in [0.2, 0.25) is 5.95 Å². The van der Waals surface area contributed by atoms with Gasteiger partial charge in [-0.05, 0) is 30.5 Å². The average molecular weight is 623 g/mol. The first kappa shape index (κ1) is 35.8. The maximum Gasteiger partial charge on any atom is 0.490 e. The molecule has 0 radical (unpaired) electrons. The highest BCUT2D eigenvalue weighted by molar-refractivity contribution is 5.73. The summed E-state index contributed by atoms with van der Waals surface area (Å²) in [5.74, 6) is -7.39. The number of nitrogens with zero attached hydrogens (tertiary/aromatic N) is 5. The van der Waals surface area contributed by atoms with Crippen molar-refractivity contribution < 1.29 is 69.2 Å². The van der Waals surface area contributed by atoms with E-state index in [9.17, 15) is 39.5 Å². The largest absolute Gasteiger partial charge is 0.490 e. The summed E-state index contributed by atoms with van der Waals surface area (Å²) >= 11 is 0. The van der Waals surface area contributed by atoms with Crippen molar-refractivity contribution in [3.05, 3.63) is 48.5 Å². The summed E-state index contributed by atoms with van der Waals surface area (Å²) in [6.45, 7) is 3.20. The number of likely N-dealkylation sites (tertiary alicyclic amines) is 1. The maximum atomic E-state index is 10.6. The van der Waals surface area contributed by atoms with Gasteiger partial charge in [-0.1, -0.05) is 6.07 Å². The molecule has 0 unspecified atom stereocenters. The van der Waals surface area contributed by atoms with E-state index in [0.29, 0.717) is 12.1 Å². The second-order valence-electron chi connectivity index (χ2n) is 8.19. The summed E-state index contributed by atoms with van der Waals surface area (Å²) in [7, 11) is 0. The second-order valence-corrected chi connectivity index (χ2v) is 8.19. The Kier molecular flexibility index (Phi) is 12.9. The van der Waals surface area contributed by atoms with Crippen LogP contribution in [0.25, 0.3) is 0 Å². The highest BCUT2D eigenvalue weighted by Crippen LogP contribution is 2.34. The van der Waals surface area contributed by atoms with Gasteiger partial charge in [0.25, 0.3) is 0 Å². The number of hydrogen-bond acceptors (Lipinski definition) is 8. The van der Waals surface area contributed by atoms with E-state index in [1.807, 2.05) is 36.9 Å². The minimum Gasteiger partial charge on any atom is -0.475 e. The molecule has 2 aromatic rings. The molecule has 11 nitrogen and oxygen atoms in total. The first-order valence-electron chi connectivity index (χ1n) is 11.3. The van der Waals surface area contributed by atoms with E-state index in [1.54, 1.807) is 0 Å². The fourth-order valence-electron chi connectivity index (χ4n) is 3.69. The van der Waals surface area contributed by atoms with E-state index >= 15 is 0 Å². The van der Waals surface area contributed by atoms with Crippen molar-refractivity contribution in [3.63, 3.8) is 0 Å². The number of aromatic nitrogens is 3. The van der Waals surface area contributed by atoms with Crippen LogP contribution < -0.4 is 4.90 Å². The van der Waals surface area contributed by atoms with E-state index in [4.69, 9.17) is 29.7 Å². The number of carboxylic acid groups (broad SMARTS) is 3. The zero-order valence-corrected chi connectivity index (χ0v) is 20.9. The highest BCUT2D eigenvalue weighted by Gasteiger charge is 2.43. The van der Waals surface area contributed by atoms with Gasteiger partial charge in [-0.3, -0.25) is 9.88 Å². The number of rotatable bonds is 3. The molecule has 4 heterocycles. The lowest BCUT2D eigenvalue weighted by Gasteiger charge is -2.25. The quantitative estimate of drug-likeness (QED) is 0.429. The van der Waals surface area contributed by atoms with Gasteiger partial charge in [0.05, 0.1) is 0 Å². The first-order chi connectivity index (χ1) is 19.2. The van der Waals surface area contributed by atoms with Gasteiger partial charge in [-0.25, -0.2) is 24.4 Å². The van der Waals surface area contributed by atoms with Crippen molar-refractivity contribution in [2.24, 2.45) is 0 Å². The Morgan fingerprint density at radius 1 is 0.738 bits per heavy atom. The number of pyridine rings is 1. The minimum absolute atomic E-state index is 0.559. The van der Waals surface area contributed by atoms with Crippen molar-refractivity contribution in [1.29, 1.82) is 0 Å². The molecule has 0 saturated carbocycles. The number of carbonyl (C=O) groups is 3. The van der Waals surface area contributed by atoms with Crippen molar-refractivity contribution in [2.45, 2.75) is 50.0 Å². The summed E-state index contributed by atoms with van der Waals surface area (Å²) in [4.78, 5) is 44.7. The Balaban J connectivity index is 0.000000348. The van der Waals surface area contributed by atoms with Gasteiger partial charge in [0.1, 0.15) is 0 Å². The van der Waals surface area contributed by atoms with Crippen LogP contribution in [0.2, 0.25) is 0 Å². The fraction of sp³-hybridized carbons (Fsp3) is 0.455. The number of alkyl halides is 9. The zero-order valence-electron chi connectivity index (χ0n) is 20.9. The van der Waals surface area contributed by atoms with Crippen LogP contribution in [0.5, 0.6) is 0 Å². The van der Waals surface area contributed by atoms with Crippen LogP contribution >= 0.6 is 0 Å². The summed E-state index contributed by atoms with van der Waals surface area (Å²) in [5, 5.41) is 21.4. The molecule has 2 aliphatic rings. The van der Waals surface area contributed by atoms with Crippen LogP contribution in [0.15, 0.2) is 43.0 Å². The molecule has 0 spiro atoms. The minimum atomic E-state index is -5.08. The molecule has 3 N–H and O–H groups in total. The molecular weight excluding hydrogens is 601 g/mol. The van der Waals surface area contributed by atoms with Crippen LogP contribution in [0.3, 0.4) is 0 Å². The Morgan fingerprint density at radius 3 is 1.60 bits per heavy atom. The van der Waals surface area contributed by atoms with Gasteiger partial charge >= 0.3 is 36.4 Å². The lowest BCUT2D eigenvalue weighted by atomic mass is 10.1. The molecule has 0 bridgehead atoms. The van der Waals surface area contributed by atoms with E-state index in [2.05, 4.69) is 30.8 Å². The molecular formula is C22H22F9N5O6. The number of fused-ring (bicyclic) bond motifs is 1. The molecule has 2 atom stereocenters. The molecule has 2 aliphatic heterocycles. The summed E-state index contributed by atoms with van der Waals surface area (Å²) in [6, 6.07) is 7.23. The Bertz CT molecular complexity index is 1090. The topological polar surface area (TPSA) is 157 Å². The molecule has 0 aromatic carbocycles. The number of anilines is 1. The van der Waals surface area contributed by atoms with Crippen LogP contribution in [-0.4, -0.2) is 96.8 Å². The Morgan fingerprint density at radius 2 is 1.19 bits per heavy atom. The molecule has 2 aromatic heterocycles. The fourth-order valence-corrected chi connectivity index (χ4v) is 3.69. The molecule has 4 rings (SSSR count). The van der Waals surface area contributed by atoms with Crippen LogP contribution in [0.4, 0.5) is 45.5 Å². The van der Waals surface area contributed by atoms with E-state index < -0.39 is 36.4 Å². The van der Waals surface area contributed by atoms with Crippen LogP contribution in [-0.2, 0) is 20.9 Å². The Labute approximate surface area is 230 Å². The third-order valence-corrected chi connectivity index (χ3v) is 5.34. The normalized spacial score (nSPS) is 18.3. The number of hydrogen-bond donors (Lipinski definition) is 3. The van der Waals surface area contributed by atoms with Crippen molar-refractivity contribution in [1.82, 2.24) is 19.9 Å². The molecule has 20 heteroatoms. The van der Waals surface area contributed by atoms with Crippen molar-refractivity contribution in [2.75, 3.05) is 18.0 Å². The smallest absolute Gasteiger partial charge is 0.475 e. The van der Waals surface area contributed by atoms with E-state index in [1.165, 1.54) is 18.4 Å². The number of aliphatic carboxylic acids is 3. The van der Waals surface area contributed by atoms with Gasteiger partial charge in [0, 0.05) is 56.5 Å². The summed E-state index contributed by atoms with van der Waals surface area (Å²) in [5.41, 5.74) is 1.30. The molecule has 42 heavy (non-hydrogen) atoms. The lowest BCUT2D eigenvalue weighted by Crippen LogP contribution is -2.37.